The molecule has 0 saturated carbocycles. The van der Waals surface area contributed by atoms with E-state index in [9.17, 15) is 9.59 Å². The van der Waals surface area contributed by atoms with E-state index in [4.69, 9.17) is 4.63 Å². The standard InChI is InChI=1S/C18H21N7O3S/c1-5-25-17(15-16(19-12(4)26)24-28-23-15)21-22-18(25)29-9-14(27)20-13-8-6-7-10(2)11(13)3/h6-8H,5,9H2,1-4H3,(H,20,27)(H,19,24,26). The largest absolute Gasteiger partial charge is 0.325 e. The summed E-state index contributed by atoms with van der Waals surface area (Å²) in [4.78, 5) is 23.7. The molecule has 0 fully saturated rings. The fourth-order valence-corrected chi connectivity index (χ4v) is 3.44. The fourth-order valence-electron chi connectivity index (χ4n) is 2.64. The highest BCUT2D eigenvalue weighted by molar-refractivity contribution is 7.99. The first kappa shape index (κ1) is 20.5. The number of aromatic nitrogens is 5. The molecule has 29 heavy (non-hydrogen) atoms. The maximum atomic E-state index is 12.4. The SMILES string of the molecule is CCn1c(SCC(=O)Nc2cccc(C)c2C)nnc1-c1nonc1NC(C)=O. The Morgan fingerprint density at radius 2 is 1.97 bits per heavy atom. The molecule has 0 aliphatic rings. The topological polar surface area (TPSA) is 128 Å². The van der Waals surface area contributed by atoms with Gasteiger partial charge in [0.05, 0.1) is 5.75 Å². The number of hydrogen-bond acceptors (Lipinski definition) is 8. The highest BCUT2D eigenvalue weighted by Gasteiger charge is 2.22. The molecule has 2 heterocycles. The van der Waals surface area contributed by atoms with Crippen molar-refractivity contribution in [3.63, 3.8) is 0 Å². The number of carbonyl (C=O) groups is 2. The molecule has 0 atom stereocenters. The van der Waals surface area contributed by atoms with E-state index in [1.54, 1.807) is 4.57 Å². The van der Waals surface area contributed by atoms with E-state index in [0.29, 0.717) is 17.5 Å². The number of nitrogens with one attached hydrogen (secondary N) is 2. The van der Waals surface area contributed by atoms with Crippen molar-refractivity contribution in [2.45, 2.75) is 39.4 Å². The molecule has 0 unspecified atom stereocenters. The molecule has 2 aromatic heterocycles. The second kappa shape index (κ2) is 8.86. The van der Waals surface area contributed by atoms with E-state index in [1.165, 1.54) is 18.7 Å². The zero-order valence-electron chi connectivity index (χ0n) is 16.5. The molecule has 0 aliphatic heterocycles. The number of rotatable bonds is 7. The van der Waals surface area contributed by atoms with E-state index in [2.05, 4.69) is 31.1 Å². The van der Waals surface area contributed by atoms with Crippen LogP contribution in [0.15, 0.2) is 28.0 Å². The second-order valence-corrected chi connectivity index (χ2v) is 7.22. The van der Waals surface area contributed by atoms with E-state index < -0.39 is 0 Å². The molecule has 3 rings (SSSR count). The Balaban J connectivity index is 1.73. The number of amides is 2. The monoisotopic (exact) mass is 415 g/mol. The molecule has 2 amide bonds. The lowest BCUT2D eigenvalue weighted by atomic mass is 10.1. The molecule has 2 N–H and O–H groups in total. The smallest absolute Gasteiger partial charge is 0.234 e. The number of benzene rings is 1. The first-order chi connectivity index (χ1) is 13.9. The summed E-state index contributed by atoms with van der Waals surface area (Å²) >= 11 is 1.26. The van der Waals surface area contributed by atoms with E-state index >= 15 is 0 Å². The number of anilines is 2. The summed E-state index contributed by atoms with van der Waals surface area (Å²) in [5.74, 6) is 0.292. The van der Waals surface area contributed by atoms with Crippen LogP contribution in [0.25, 0.3) is 11.5 Å². The summed E-state index contributed by atoms with van der Waals surface area (Å²) in [5, 5.41) is 21.8. The normalized spacial score (nSPS) is 10.8. The van der Waals surface area contributed by atoms with Crippen LogP contribution in [0.5, 0.6) is 0 Å². The van der Waals surface area contributed by atoms with Crippen molar-refractivity contribution in [3.8, 4) is 11.5 Å². The van der Waals surface area contributed by atoms with Crippen LogP contribution in [0.4, 0.5) is 11.5 Å². The third kappa shape index (κ3) is 4.62. The van der Waals surface area contributed by atoms with Gasteiger partial charge in [-0.25, -0.2) is 4.63 Å². The third-order valence-electron chi connectivity index (χ3n) is 4.24. The molecule has 3 aromatic rings. The predicted octanol–water partition coefficient (Wildman–Crippen LogP) is 2.65. The van der Waals surface area contributed by atoms with Gasteiger partial charge in [-0.2, -0.15) is 0 Å². The highest BCUT2D eigenvalue weighted by Crippen LogP contribution is 2.27. The van der Waals surface area contributed by atoms with Crippen molar-refractivity contribution in [1.82, 2.24) is 25.1 Å². The maximum absolute atomic E-state index is 12.4. The lowest BCUT2D eigenvalue weighted by Crippen LogP contribution is -2.15. The average molecular weight is 415 g/mol. The first-order valence-corrected chi connectivity index (χ1v) is 9.91. The average Bonchev–Trinajstić information content (AvgIpc) is 3.29. The van der Waals surface area contributed by atoms with Gasteiger partial charge >= 0.3 is 0 Å². The summed E-state index contributed by atoms with van der Waals surface area (Å²) in [6, 6.07) is 5.78. The van der Waals surface area contributed by atoms with Gasteiger partial charge in [0.1, 0.15) is 0 Å². The third-order valence-corrected chi connectivity index (χ3v) is 5.21. The van der Waals surface area contributed by atoms with Crippen LogP contribution in [0.2, 0.25) is 0 Å². The van der Waals surface area contributed by atoms with Crippen molar-refractivity contribution in [2.24, 2.45) is 0 Å². The minimum atomic E-state index is -0.303. The Hall–Kier alpha value is -3.21. The van der Waals surface area contributed by atoms with E-state index in [1.807, 2.05) is 39.0 Å². The Morgan fingerprint density at radius 3 is 2.69 bits per heavy atom. The van der Waals surface area contributed by atoms with Crippen molar-refractivity contribution < 1.29 is 14.2 Å². The molecule has 152 valence electrons. The minimum Gasteiger partial charge on any atom is -0.325 e. The quantitative estimate of drug-likeness (QED) is 0.564. The summed E-state index contributed by atoms with van der Waals surface area (Å²) in [6.45, 7) is 7.78. The molecule has 1 aromatic carbocycles. The second-order valence-electron chi connectivity index (χ2n) is 6.28. The Morgan fingerprint density at radius 1 is 1.17 bits per heavy atom. The molecule has 0 saturated heterocycles. The summed E-state index contributed by atoms with van der Waals surface area (Å²) in [5.41, 5.74) is 3.22. The van der Waals surface area contributed by atoms with Crippen LogP contribution >= 0.6 is 11.8 Å². The van der Waals surface area contributed by atoms with Gasteiger partial charge in [-0.1, -0.05) is 23.9 Å². The van der Waals surface area contributed by atoms with Crippen molar-refractivity contribution in [3.05, 3.63) is 29.3 Å². The fraction of sp³-hybridized carbons (Fsp3) is 0.333. The van der Waals surface area contributed by atoms with Crippen LogP contribution in [-0.4, -0.2) is 42.6 Å². The van der Waals surface area contributed by atoms with Crippen LogP contribution in [0.3, 0.4) is 0 Å². The van der Waals surface area contributed by atoms with Crippen molar-refractivity contribution in [2.75, 3.05) is 16.4 Å². The number of nitrogens with zero attached hydrogens (tertiary/aromatic N) is 5. The zero-order valence-corrected chi connectivity index (χ0v) is 17.3. The lowest BCUT2D eigenvalue weighted by molar-refractivity contribution is -0.114. The summed E-state index contributed by atoms with van der Waals surface area (Å²) < 4.78 is 6.51. The maximum Gasteiger partial charge on any atom is 0.234 e. The lowest BCUT2D eigenvalue weighted by Gasteiger charge is -2.10. The number of thioether (sulfide) groups is 1. The Kier molecular flexibility index (Phi) is 6.27. The molecule has 0 aliphatic carbocycles. The number of hydrogen-bond donors (Lipinski definition) is 2. The van der Waals surface area contributed by atoms with Crippen molar-refractivity contribution >= 4 is 35.1 Å². The molecular weight excluding hydrogens is 394 g/mol. The first-order valence-electron chi connectivity index (χ1n) is 8.93. The summed E-state index contributed by atoms with van der Waals surface area (Å²) in [7, 11) is 0. The highest BCUT2D eigenvalue weighted by atomic mass is 32.2. The van der Waals surface area contributed by atoms with Gasteiger partial charge in [-0.05, 0) is 48.3 Å². The van der Waals surface area contributed by atoms with Gasteiger partial charge in [-0.15, -0.1) is 10.2 Å². The molecule has 10 nitrogen and oxygen atoms in total. The summed E-state index contributed by atoms with van der Waals surface area (Å²) in [6.07, 6.45) is 0. The Labute approximate surface area is 171 Å². The molecule has 0 spiro atoms. The van der Waals surface area contributed by atoms with Gasteiger partial charge in [0.15, 0.2) is 16.7 Å². The van der Waals surface area contributed by atoms with Crippen LogP contribution < -0.4 is 10.6 Å². The minimum absolute atomic E-state index is 0.141. The van der Waals surface area contributed by atoms with Crippen LogP contribution in [0, 0.1) is 13.8 Å². The van der Waals surface area contributed by atoms with Crippen LogP contribution in [0.1, 0.15) is 25.0 Å². The van der Waals surface area contributed by atoms with Gasteiger partial charge in [0.2, 0.25) is 17.6 Å². The molecular formula is C18H21N7O3S. The van der Waals surface area contributed by atoms with Crippen molar-refractivity contribution in [1.29, 1.82) is 0 Å². The van der Waals surface area contributed by atoms with Crippen LogP contribution in [-0.2, 0) is 16.1 Å². The predicted molar refractivity (Wildman–Crippen MR) is 109 cm³/mol. The number of aryl methyl sites for hydroxylation is 1. The molecule has 0 bridgehead atoms. The number of carbonyl (C=O) groups excluding carboxylic acids is 2. The molecule has 11 heteroatoms. The van der Waals surface area contributed by atoms with E-state index in [0.717, 1.165) is 16.8 Å². The van der Waals surface area contributed by atoms with Gasteiger partial charge in [-0.3, -0.25) is 9.59 Å². The van der Waals surface area contributed by atoms with Gasteiger partial charge in [0, 0.05) is 19.2 Å². The molecule has 0 radical (unpaired) electrons. The zero-order chi connectivity index (χ0) is 21.0. The van der Waals surface area contributed by atoms with Gasteiger partial charge < -0.3 is 15.2 Å². The van der Waals surface area contributed by atoms with Gasteiger partial charge in [0.25, 0.3) is 0 Å². The Bertz CT molecular complexity index is 1040. The van der Waals surface area contributed by atoms with E-state index in [-0.39, 0.29) is 29.1 Å².